The van der Waals surface area contributed by atoms with E-state index in [-0.39, 0.29) is 11.3 Å². The molecule has 5 nitrogen and oxygen atoms in total. The third-order valence-corrected chi connectivity index (χ3v) is 7.41. The Morgan fingerprint density at radius 2 is 1.57 bits per heavy atom. The van der Waals surface area contributed by atoms with Gasteiger partial charge in [0.1, 0.15) is 0 Å². The number of fused-ring (bicyclic) bond motifs is 2. The zero-order valence-electron chi connectivity index (χ0n) is 22.2. The van der Waals surface area contributed by atoms with Gasteiger partial charge in [0.05, 0.1) is 22.8 Å². The van der Waals surface area contributed by atoms with Gasteiger partial charge in [0.25, 0.3) is 0 Å². The maximum absolute atomic E-state index is 6.80. The van der Waals surface area contributed by atoms with Crippen molar-refractivity contribution in [2.45, 2.75) is 53.4 Å². The standard InChI is InChI=1S/C30H45N5/c1-6-7-19-33-20-12-17-30(4,5)22(2)23(3)35-26-15-10-8-13-24(26)28(32)29(34-21-18-31)25-14-9-11-16-27(25)35/h8-11,13-16,22,33-34H,3,6-7,12,17-21,31-32H2,1-2,4-5H3. The van der Waals surface area contributed by atoms with Crippen molar-refractivity contribution in [3.63, 3.8) is 0 Å². The van der Waals surface area contributed by atoms with Crippen LogP contribution >= 0.6 is 0 Å². The van der Waals surface area contributed by atoms with Gasteiger partial charge < -0.3 is 27.0 Å². The highest BCUT2D eigenvalue weighted by molar-refractivity contribution is 6.00. The Morgan fingerprint density at radius 3 is 2.23 bits per heavy atom. The van der Waals surface area contributed by atoms with Gasteiger partial charge in [-0.2, -0.15) is 0 Å². The molecule has 190 valence electrons. The minimum absolute atomic E-state index is 0.0965. The average Bonchev–Trinajstić information content (AvgIpc) is 2.96. The van der Waals surface area contributed by atoms with Crippen LogP contribution in [0.1, 0.15) is 64.5 Å². The first-order chi connectivity index (χ1) is 16.8. The summed E-state index contributed by atoms with van der Waals surface area (Å²) in [5.74, 6) is 0.263. The van der Waals surface area contributed by atoms with Crippen LogP contribution in [-0.4, -0.2) is 26.2 Å². The Hall–Kier alpha value is -2.76. The molecule has 0 aromatic heterocycles. The summed E-state index contributed by atoms with van der Waals surface area (Å²) in [6.07, 6.45) is 4.76. The van der Waals surface area contributed by atoms with Crippen molar-refractivity contribution in [2.24, 2.45) is 22.8 Å². The van der Waals surface area contributed by atoms with Crippen LogP contribution in [0.2, 0.25) is 0 Å². The number of benzene rings is 2. The van der Waals surface area contributed by atoms with Gasteiger partial charge in [-0.3, -0.25) is 0 Å². The number of hydrogen-bond acceptors (Lipinski definition) is 5. The molecule has 2 aromatic rings. The maximum atomic E-state index is 6.80. The number of allylic oxidation sites excluding steroid dienone is 1. The Kier molecular flexibility index (Phi) is 9.41. The monoisotopic (exact) mass is 475 g/mol. The van der Waals surface area contributed by atoms with Gasteiger partial charge in [-0.15, -0.1) is 0 Å². The number of nitrogens with two attached hydrogens (primary N) is 2. The third-order valence-electron chi connectivity index (χ3n) is 7.41. The van der Waals surface area contributed by atoms with E-state index in [1.165, 1.54) is 12.8 Å². The van der Waals surface area contributed by atoms with Gasteiger partial charge in [0, 0.05) is 35.8 Å². The second-order valence-electron chi connectivity index (χ2n) is 10.3. The lowest BCUT2D eigenvalue weighted by Crippen LogP contribution is -2.32. The first-order valence-corrected chi connectivity index (χ1v) is 13.2. The molecule has 1 aliphatic heterocycles. The highest BCUT2D eigenvalue weighted by Gasteiger charge is 2.34. The number of para-hydroxylation sites is 2. The highest BCUT2D eigenvalue weighted by Crippen LogP contribution is 2.47. The van der Waals surface area contributed by atoms with E-state index in [4.69, 9.17) is 11.5 Å². The molecule has 1 heterocycles. The molecular formula is C30H45N5. The average molecular weight is 476 g/mol. The molecule has 5 heteroatoms. The fourth-order valence-electron chi connectivity index (χ4n) is 4.84. The van der Waals surface area contributed by atoms with E-state index in [2.05, 4.69) is 92.3 Å². The van der Waals surface area contributed by atoms with Crippen LogP contribution in [0.5, 0.6) is 0 Å². The van der Waals surface area contributed by atoms with Gasteiger partial charge in [-0.1, -0.05) is 77.1 Å². The van der Waals surface area contributed by atoms with E-state index >= 15 is 0 Å². The number of unbranched alkanes of at least 4 members (excludes halogenated alkanes) is 1. The molecule has 0 saturated carbocycles. The van der Waals surface area contributed by atoms with Gasteiger partial charge in [0.2, 0.25) is 0 Å². The van der Waals surface area contributed by atoms with Crippen LogP contribution in [0.3, 0.4) is 0 Å². The fraction of sp³-hybridized carbons (Fsp3) is 0.467. The molecule has 0 aliphatic carbocycles. The van der Waals surface area contributed by atoms with Crippen molar-refractivity contribution in [1.29, 1.82) is 0 Å². The van der Waals surface area contributed by atoms with Crippen molar-refractivity contribution >= 4 is 22.8 Å². The van der Waals surface area contributed by atoms with Gasteiger partial charge in [-0.25, -0.2) is 0 Å². The summed E-state index contributed by atoms with van der Waals surface area (Å²) in [6.45, 7) is 17.3. The van der Waals surface area contributed by atoms with E-state index < -0.39 is 0 Å². The zero-order chi connectivity index (χ0) is 25.4. The summed E-state index contributed by atoms with van der Waals surface area (Å²) in [7, 11) is 0. The molecule has 3 rings (SSSR count). The SMILES string of the molecule is C=C(C(C)C(C)(C)CCCNCCCC)N1c2ccccc2C(N)=C(NCCN)c2ccccc21. The lowest BCUT2D eigenvalue weighted by molar-refractivity contribution is 0.235. The lowest BCUT2D eigenvalue weighted by atomic mass is 9.74. The molecule has 2 aromatic carbocycles. The predicted molar refractivity (Wildman–Crippen MR) is 152 cm³/mol. The summed E-state index contributed by atoms with van der Waals surface area (Å²) in [6, 6.07) is 16.8. The lowest BCUT2D eigenvalue weighted by Gasteiger charge is -2.39. The Labute approximate surface area is 212 Å². The summed E-state index contributed by atoms with van der Waals surface area (Å²) >= 11 is 0. The molecule has 35 heavy (non-hydrogen) atoms. The van der Waals surface area contributed by atoms with Crippen molar-refractivity contribution in [2.75, 3.05) is 31.1 Å². The van der Waals surface area contributed by atoms with E-state index in [0.717, 1.165) is 65.5 Å². The number of nitrogens with zero attached hydrogens (tertiary/aromatic N) is 1. The molecule has 0 amide bonds. The molecular weight excluding hydrogens is 430 g/mol. The van der Waals surface area contributed by atoms with E-state index in [9.17, 15) is 0 Å². The molecule has 1 unspecified atom stereocenters. The number of rotatable bonds is 13. The second-order valence-corrected chi connectivity index (χ2v) is 10.3. The molecule has 0 radical (unpaired) electrons. The summed E-state index contributed by atoms with van der Waals surface area (Å²) < 4.78 is 0. The molecule has 0 bridgehead atoms. The van der Waals surface area contributed by atoms with Crippen molar-refractivity contribution in [3.05, 3.63) is 71.9 Å². The van der Waals surface area contributed by atoms with Gasteiger partial charge in [0.15, 0.2) is 0 Å². The van der Waals surface area contributed by atoms with Crippen LogP contribution in [0.15, 0.2) is 60.8 Å². The third kappa shape index (κ3) is 6.09. The number of anilines is 2. The van der Waals surface area contributed by atoms with Crippen LogP contribution in [-0.2, 0) is 0 Å². The smallest absolute Gasteiger partial charge is 0.0676 e. The summed E-state index contributed by atoms with van der Waals surface area (Å²) in [4.78, 5) is 2.32. The van der Waals surface area contributed by atoms with Gasteiger partial charge in [-0.05, 0) is 49.9 Å². The molecule has 1 aliphatic rings. The van der Waals surface area contributed by atoms with E-state index in [1.54, 1.807) is 0 Å². The zero-order valence-corrected chi connectivity index (χ0v) is 22.2. The van der Waals surface area contributed by atoms with Crippen LogP contribution in [0.25, 0.3) is 11.4 Å². The second kappa shape index (κ2) is 12.3. The number of hydrogen-bond donors (Lipinski definition) is 4. The molecule has 0 spiro atoms. The molecule has 0 saturated heterocycles. The van der Waals surface area contributed by atoms with Gasteiger partial charge >= 0.3 is 0 Å². The topological polar surface area (TPSA) is 79.3 Å². The molecule has 1 atom stereocenters. The van der Waals surface area contributed by atoms with E-state index in [0.29, 0.717) is 13.1 Å². The van der Waals surface area contributed by atoms with Crippen molar-refractivity contribution in [3.8, 4) is 0 Å². The highest BCUT2D eigenvalue weighted by atomic mass is 15.2. The predicted octanol–water partition coefficient (Wildman–Crippen LogP) is 5.82. The van der Waals surface area contributed by atoms with Crippen molar-refractivity contribution < 1.29 is 0 Å². The van der Waals surface area contributed by atoms with Crippen molar-refractivity contribution in [1.82, 2.24) is 10.6 Å². The molecule has 6 N–H and O–H groups in total. The maximum Gasteiger partial charge on any atom is 0.0676 e. The van der Waals surface area contributed by atoms with Crippen LogP contribution in [0.4, 0.5) is 11.4 Å². The quantitative estimate of drug-likeness (QED) is 0.275. The first kappa shape index (κ1) is 26.8. The Balaban J connectivity index is 1.94. The fourth-order valence-corrected chi connectivity index (χ4v) is 4.84. The first-order valence-electron chi connectivity index (χ1n) is 13.2. The minimum atomic E-state index is 0.0965. The Bertz CT molecular complexity index is 1020. The largest absolute Gasteiger partial charge is 0.396 e. The van der Waals surface area contributed by atoms with Crippen LogP contribution < -0.4 is 27.0 Å². The molecule has 0 fully saturated rings. The normalized spacial score (nSPS) is 14.3. The summed E-state index contributed by atoms with van der Waals surface area (Å²) in [5.41, 5.74) is 19.7. The van der Waals surface area contributed by atoms with E-state index in [1.807, 2.05) is 6.07 Å². The summed E-state index contributed by atoms with van der Waals surface area (Å²) in [5, 5.41) is 7.08. The Morgan fingerprint density at radius 1 is 0.971 bits per heavy atom. The number of nitrogens with one attached hydrogen (secondary N) is 2. The van der Waals surface area contributed by atoms with Crippen LogP contribution in [0, 0.1) is 11.3 Å². The minimum Gasteiger partial charge on any atom is -0.396 e.